The summed E-state index contributed by atoms with van der Waals surface area (Å²) in [5.74, 6) is 0.668. The van der Waals surface area contributed by atoms with E-state index in [1.54, 1.807) is 11.3 Å². The van der Waals surface area contributed by atoms with Crippen LogP contribution >= 0.6 is 11.3 Å². The first-order valence-corrected chi connectivity index (χ1v) is 7.43. The van der Waals surface area contributed by atoms with Crippen LogP contribution in [0.25, 0.3) is 0 Å². The van der Waals surface area contributed by atoms with Gasteiger partial charge in [-0.05, 0) is 18.4 Å². The molecule has 1 aromatic carbocycles. The van der Waals surface area contributed by atoms with Crippen LogP contribution in [0.15, 0.2) is 30.3 Å². The standard InChI is InChI=1S/C15H18N2S/c16-14-13(10-11-6-2-1-3-7-11)17-15(18-14)12-8-4-5-9-12/h1-3,6-7,12H,4-5,8-10,16H2. The van der Waals surface area contributed by atoms with Crippen LogP contribution in [-0.4, -0.2) is 4.98 Å². The molecule has 1 saturated carbocycles. The van der Waals surface area contributed by atoms with E-state index in [-0.39, 0.29) is 0 Å². The summed E-state index contributed by atoms with van der Waals surface area (Å²) in [6.45, 7) is 0. The zero-order valence-electron chi connectivity index (χ0n) is 10.4. The predicted molar refractivity (Wildman–Crippen MR) is 77.0 cm³/mol. The predicted octanol–water partition coefficient (Wildman–Crippen LogP) is 3.97. The highest BCUT2D eigenvalue weighted by molar-refractivity contribution is 7.15. The van der Waals surface area contributed by atoms with Crippen LogP contribution in [0.5, 0.6) is 0 Å². The van der Waals surface area contributed by atoms with Gasteiger partial charge in [-0.2, -0.15) is 0 Å². The molecule has 2 aromatic rings. The highest BCUT2D eigenvalue weighted by Gasteiger charge is 2.21. The maximum absolute atomic E-state index is 6.11. The first kappa shape index (κ1) is 11.7. The first-order chi connectivity index (χ1) is 8.83. The van der Waals surface area contributed by atoms with Crippen molar-refractivity contribution in [1.82, 2.24) is 4.98 Å². The van der Waals surface area contributed by atoms with Crippen LogP contribution in [0, 0.1) is 0 Å². The Bertz CT molecular complexity index is 513. The molecule has 2 nitrogen and oxygen atoms in total. The lowest BCUT2D eigenvalue weighted by atomic mass is 10.1. The lowest BCUT2D eigenvalue weighted by Gasteiger charge is -2.02. The summed E-state index contributed by atoms with van der Waals surface area (Å²) in [7, 11) is 0. The zero-order valence-corrected chi connectivity index (χ0v) is 11.2. The zero-order chi connectivity index (χ0) is 12.4. The highest BCUT2D eigenvalue weighted by Crippen LogP contribution is 2.38. The highest BCUT2D eigenvalue weighted by atomic mass is 32.1. The van der Waals surface area contributed by atoms with E-state index >= 15 is 0 Å². The molecule has 18 heavy (non-hydrogen) atoms. The summed E-state index contributed by atoms with van der Waals surface area (Å²) in [5, 5.41) is 2.16. The molecule has 0 unspecified atom stereocenters. The molecule has 1 aromatic heterocycles. The average molecular weight is 258 g/mol. The Morgan fingerprint density at radius 3 is 2.61 bits per heavy atom. The van der Waals surface area contributed by atoms with Crippen molar-refractivity contribution in [2.75, 3.05) is 5.73 Å². The third kappa shape index (κ3) is 2.41. The second kappa shape index (κ2) is 5.11. The average Bonchev–Trinajstić information content (AvgIpc) is 3.01. The van der Waals surface area contributed by atoms with Crippen LogP contribution in [0.1, 0.15) is 47.9 Å². The second-order valence-corrected chi connectivity index (χ2v) is 6.07. The third-order valence-electron chi connectivity index (χ3n) is 3.66. The molecule has 2 N–H and O–H groups in total. The number of thiazole rings is 1. The van der Waals surface area contributed by atoms with Crippen molar-refractivity contribution in [2.45, 2.75) is 38.0 Å². The molecule has 0 saturated heterocycles. The summed E-state index contributed by atoms with van der Waals surface area (Å²) >= 11 is 1.70. The number of benzene rings is 1. The number of rotatable bonds is 3. The molecule has 94 valence electrons. The largest absolute Gasteiger partial charge is 0.389 e. The van der Waals surface area contributed by atoms with Gasteiger partial charge >= 0.3 is 0 Å². The van der Waals surface area contributed by atoms with Gasteiger partial charge in [-0.3, -0.25) is 0 Å². The van der Waals surface area contributed by atoms with E-state index in [4.69, 9.17) is 10.7 Å². The van der Waals surface area contributed by atoms with E-state index in [1.807, 2.05) is 6.07 Å². The van der Waals surface area contributed by atoms with Crippen molar-refractivity contribution in [1.29, 1.82) is 0 Å². The number of hydrogen-bond donors (Lipinski definition) is 1. The number of hydrogen-bond acceptors (Lipinski definition) is 3. The number of anilines is 1. The number of nitrogens with two attached hydrogens (primary N) is 1. The summed E-state index contributed by atoms with van der Waals surface area (Å²) in [5.41, 5.74) is 8.46. The fourth-order valence-corrected chi connectivity index (χ4v) is 3.66. The first-order valence-electron chi connectivity index (χ1n) is 6.62. The molecule has 1 aliphatic carbocycles. The lowest BCUT2D eigenvalue weighted by molar-refractivity contribution is 0.713. The lowest BCUT2D eigenvalue weighted by Crippen LogP contribution is -1.95. The Morgan fingerprint density at radius 1 is 1.17 bits per heavy atom. The summed E-state index contributed by atoms with van der Waals surface area (Å²) < 4.78 is 0. The van der Waals surface area contributed by atoms with Crippen LogP contribution < -0.4 is 5.73 Å². The van der Waals surface area contributed by atoms with E-state index in [1.165, 1.54) is 36.3 Å². The van der Waals surface area contributed by atoms with Crippen molar-refractivity contribution < 1.29 is 0 Å². The fraction of sp³-hybridized carbons (Fsp3) is 0.400. The van der Waals surface area contributed by atoms with Crippen LogP contribution in [0.2, 0.25) is 0 Å². The van der Waals surface area contributed by atoms with Gasteiger partial charge in [0.1, 0.15) is 5.00 Å². The maximum atomic E-state index is 6.11. The van der Waals surface area contributed by atoms with E-state index < -0.39 is 0 Å². The quantitative estimate of drug-likeness (QED) is 0.904. The Balaban J connectivity index is 1.80. The number of nitrogen functional groups attached to an aromatic ring is 1. The maximum Gasteiger partial charge on any atom is 0.110 e. The van der Waals surface area contributed by atoms with Crippen LogP contribution in [-0.2, 0) is 6.42 Å². The molecular formula is C15H18N2S. The van der Waals surface area contributed by atoms with Gasteiger partial charge in [0.15, 0.2) is 0 Å². The molecule has 0 amide bonds. The van der Waals surface area contributed by atoms with Gasteiger partial charge < -0.3 is 5.73 Å². The van der Waals surface area contributed by atoms with Crippen molar-refractivity contribution in [3.63, 3.8) is 0 Å². The van der Waals surface area contributed by atoms with E-state index in [9.17, 15) is 0 Å². The minimum atomic E-state index is 0.668. The third-order valence-corrected chi connectivity index (χ3v) is 4.75. The topological polar surface area (TPSA) is 38.9 Å². The van der Waals surface area contributed by atoms with Crippen LogP contribution in [0.3, 0.4) is 0 Å². The van der Waals surface area contributed by atoms with Crippen molar-refractivity contribution >= 4 is 16.3 Å². The Hall–Kier alpha value is -1.35. The molecule has 0 bridgehead atoms. The van der Waals surface area contributed by atoms with Crippen LogP contribution in [0.4, 0.5) is 5.00 Å². The fourth-order valence-electron chi connectivity index (χ4n) is 2.65. The van der Waals surface area contributed by atoms with E-state index in [2.05, 4.69) is 24.3 Å². The van der Waals surface area contributed by atoms with Crippen molar-refractivity contribution in [3.8, 4) is 0 Å². The molecule has 1 heterocycles. The molecule has 0 spiro atoms. The summed E-state index contributed by atoms with van der Waals surface area (Å²) in [4.78, 5) is 4.78. The normalized spacial score (nSPS) is 16.2. The molecule has 0 aliphatic heterocycles. The molecule has 0 atom stereocenters. The molecule has 1 aliphatic rings. The Kier molecular flexibility index (Phi) is 3.33. The Labute approximate surface area is 112 Å². The summed E-state index contributed by atoms with van der Waals surface area (Å²) in [6, 6.07) is 10.4. The molecular weight excluding hydrogens is 240 g/mol. The minimum absolute atomic E-state index is 0.668. The minimum Gasteiger partial charge on any atom is -0.389 e. The van der Waals surface area contributed by atoms with Crippen molar-refractivity contribution in [2.24, 2.45) is 0 Å². The Morgan fingerprint density at radius 2 is 1.89 bits per heavy atom. The molecule has 1 fully saturated rings. The van der Waals surface area contributed by atoms with E-state index in [0.717, 1.165) is 17.1 Å². The second-order valence-electron chi connectivity index (χ2n) is 5.01. The number of aromatic nitrogens is 1. The molecule has 3 heteroatoms. The number of nitrogens with zero attached hydrogens (tertiary/aromatic N) is 1. The smallest absolute Gasteiger partial charge is 0.110 e. The molecule has 3 rings (SSSR count). The van der Waals surface area contributed by atoms with Gasteiger partial charge in [-0.1, -0.05) is 43.2 Å². The van der Waals surface area contributed by atoms with Gasteiger partial charge in [0.2, 0.25) is 0 Å². The monoisotopic (exact) mass is 258 g/mol. The molecule has 0 radical (unpaired) electrons. The summed E-state index contributed by atoms with van der Waals surface area (Å²) in [6.07, 6.45) is 6.13. The van der Waals surface area contributed by atoms with Crippen molar-refractivity contribution in [3.05, 3.63) is 46.6 Å². The van der Waals surface area contributed by atoms with Gasteiger partial charge in [-0.15, -0.1) is 11.3 Å². The van der Waals surface area contributed by atoms with Gasteiger partial charge in [0.25, 0.3) is 0 Å². The van der Waals surface area contributed by atoms with Gasteiger partial charge in [-0.25, -0.2) is 4.98 Å². The SMILES string of the molecule is Nc1sc(C2CCCC2)nc1Cc1ccccc1. The van der Waals surface area contributed by atoms with E-state index in [0.29, 0.717) is 5.92 Å². The van der Waals surface area contributed by atoms with Gasteiger partial charge in [0.05, 0.1) is 10.7 Å². The van der Waals surface area contributed by atoms with Gasteiger partial charge in [0, 0.05) is 12.3 Å².